The van der Waals surface area contributed by atoms with Crippen molar-refractivity contribution in [3.8, 4) is 11.3 Å². The van der Waals surface area contributed by atoms with E-state index in [0.717, 1.165) is 46.3 Å². The highest BCUT2D eigenvalue weighted by Gasteiger charge is 2.28. The van der Waals surface area contributed by atoms with Gasteiger partial charge in [0, 0.05) is 49.7 Å². The highest BCUT2D eigenvalue weighted by atomic mass is 16.6. The second-order valence-electron chi connectivity index (χ2n) is 9.39. The van der Waals surface area contributed by atoms with Crippen LogP contribution in [-0.4, -0.2) is 51.5 Å². The molecule has 2 aromatic carbocycles. The molecule has 3 heterocycles. The summed E-state index contributed by atoms with van der Waals surface area (Å²) in [7, 11) is 2.02. The third-order valence-electron chi connectivity index (χ3n) is 6.99. The van der Waals surface area contributed by atoms with Crippen molar-refractivity contribution in [1.29, 1.82) is 0 Å². The number of aryl methyl sites for hydroxylation is 3. The normalized spacial score (nSPS) is 14.2. The number of nitro groups is 1. The van der Waals surface area contributed by atoms with Crippen molar-refractivity contribution in [3.63, 3.8) is 0 Å². The monoisotopic (exact) mass is 483 g/mol. The van der Waals surface area contributed by atoms with E-state index in [2.05, 4.69) is 32.7 Å². The molecule has 8 heteroatoms. The molecule has 1 saturated heterocycles. The summed E-state index contributed by atoms with van der Waals surface area (Å²) in [4.78, 5) is 33.2. The molecule has 1 aliphatic heterocycles. The number of pyridine rings is 1. The van der Waals surface area contributed by atoms with Crippen LogP contribution < -0.4 is 4.90 Å². The van der Waals surface area contributed by atoms with Gasteiger partial charge in [-0.2, -0.15) is 0 Å². The van der Waals surface area contributed by atoms with E-state index in [4.69, 9.17) is 0 Å². The van der Waals surface area contributed by atoms with Gasteiger partial charge in [0.1, 0.15) is 12.0 Å². The van der Waals surface area contributed by atoms with E-state index in [1.54, 1.807) is 13.0 Å². The zero-order valence-electron chi connectivity index (χ0n) is 20.8. The first kappa shape index (κ1) is 23.5. The number of amides is 1. The molecule has 1 fully saturated rings. The van der Waals surface area contributed by atoms with Crippen LogP contribution in [0.2, 0.25) is 0 Å². The van der Waals surface area contributed by atoms with Crippen molar-refractivity contribution in [2.24, 2.45) is 7.05 Å². The lowest BCUT2D eigenvalue weighted by molar-refractivity contribution is -0.385. The molecule has 0 radical (unpaired) electrons. The zero-order valence-corrected chi connectivity index (χ0v) is 20.8. The number of hydrogen-bond donors (Lipinski definition) is 0. The Hall–Kier alpha value is -4.20. The number of carbonyl (C=O) groups excluding carboxylic acids is 1. The fourth-order valence-corrected chi connectivity index (χ4v) is 5.11. The molecule has 0 aliphatic carbocycles. The maximum absolute atomic E-state index is 14.1. The van der Waals surface area contributed by atoms with Gasteiger partial charge in [-0.3, -0.25) is 14.9 Å². The van der Waals surface area contributed by atoms with Crippen molar-refractivity contribution < 1.29 is 9.72 Å². The fraction of sp³-hybridized carbons (Fsp3) is 0.286. The van der Waals surface area contributed by atoms with Gasteiger partial charge in [-0.1, -0.05) is 42.0 Å². The fourth-order valence-electron chi connectivity index (χ4n) is 5.11. The second kappa shape index (κ2) is 9.45. The lowest BCUT2D eigenvalue weighted by atomic mass is 10.0. The van der Waals surface area contributed by atoms with E-state index >= 15 is 0 Å². The molecule has 0 spiro atoms. The third kappa shape index (κ3) is 4.19. The maximum atomic E-state index is 14.1. The molecule has 4 aromatic rings. The highest BCUT2D eigenvalue weighted by molar-refractivity contribution is 6.13. The van der Waals surface area contributed by atoms with E-state index in [9.17, 15) is 14.9 Å². The molecule has 0 unspecified atom stereocenters. The molecule has 1 aliphatic rings. The SMILES string of the molecule is Cc1ccc2c(c1)c(C(=O)N1CCCN(c3cc(C)c([N+](=O)[O-])cn3)CC1)c(-c1ccccc1)n2C. The van der Waals surface area contributed by atoms with Gasteiger partial charge in [0.2, 0.25) is 0 Å². The molecule has 184 valence electrons. The van der Waals surface area contributed by atoms with Gasteiger partial charge >= 0.3 is 0 Å². The summed E-state index contributed by atoms with van der Waals surface area (Å²) in [6.45, 7) is 6.30. The molecular formula is C28H29N5O3. The first-order chi connectivity index (χ1) is 17.3. The number of benzene rings is 2. The number of anilines is 1. The van der Waals surface area contributed by atoms with Crippen molar-refractivity contribution >= 4 is 28.3 Å². The second-order valence-corrected chi connectivity index (χ2v) is 9.39. The Balaban J connectivity index is 1.48. The summed E-state index contributed by atoms with van der Waals surface area (Å²) < 4.78 is 2.12. The van der Waals surface area contributed by atoms with Crippen molar-refractivity contribution in [1.82, 2.24) is 14.5 Å². The van der Waals surface area contributed by atoms with Crippen LogP contribution >= 0.6 is 0 Å². The molecule has 1 amide bonds. The molecule has 2 aromatic heterocycles. The average molecular weight is 484 g/mol. The van der Waals surface area contributed by atoms with Crippen LogP contribution in [-0.2, 0) is 7.05 Å². The summed E-state index contributed by atoms with van der Waals surface area (Å²) in [5.74, 6) is 0.734. The molecule has 0 bridgehead atoms. The van der Waals surface area contributed by atoms with Gasteiger partial charge in [-0.25, -0.2) is 4.98 Å². The molecule has 36 heavy (non-hydrogen) atoms. The molecule has 0 atom stereocenters. The first-order valence-electron chi connectivity index (χ1n) is 12.1. The molecular weight excluding hydrogens is 454 g/mol. The van der Waals surface area contributed by atoms with Crippen LogP contribution in [0.1, 0.15) is 27.9 Å². The standard InChI is InChI=1S/C28H29N5O3/c1-19-10-11-23-22(16-19)26(27(30(23)3)21-8-5-4-6-9-21)28(34)32-13-7-12-31(14-15-32)25-17-20(2)24(18-29-25)33(35)36/h4-6,8-11,16-18H,7,12-15H2,1-3H3. The summed E-state index contributed by atoms with van der Waals surface area (Å²) in [6, 6.07) is 18.1. The topological polar surface area (TPSA) is 84.5 Å². The van der Waals surface area contributed by atoms with E-state index in [0.29, 0.717) is 31.0 Å². The zero-order chi connectivity index (χ0) is 25.4. The van der Waals surface area contributed by atoms with E-state index < -0.39 is 4.92 Å². The lowest BCUT2D eigenvalue weighted by Crippen LogP contribution is -2.35. The Morgan fingerprint density at radius 1 is 1.00 bits per heavy atom. The van der Waals surface area contributed by atoms with Gasteiger partial charge in [-0.05, 0) is 44.0 Å². The number of rotatable bonds is 4. The Morgan fingerprint density at radius 2 is 1.78 bits per heavy atom. The van der Waals surface area contributed by atoms with Crippen LogP contribution in [0, 0.1) is 24.0 Å². The van der Waals surface area contributed by atoms with Gasteiger partial charge in [0.25, 0.3) is 11.6 Å². The number of hydrogen-bond acceptors (Lipinski definition) is 5. The average Bonchev–Trinajstić information content (AvgIpc) is 3.00. The minimum Gasteiger partial charge on any atom is -0.355 e. The van der Waals surface area contributed by atoms with Crippen LogP contribution in [0.25, 0.3) is 22.2 Å². The van der Waals surface area contributed by atoms with Crippen LogP contribution in [0.5, 0.6) is 0 Å². The highest BCUT2D eigenvalue weighted by Crippen LogP contribution is 2.35. The summed E-state index contributed by atoms with van der Waals surface area (Å²) >= 11 is 0. The number of nitrogens with zero attached hydrogens (tertiary/aromatic N) is 5. The molecule has 8 nitrogen and oxygen atoms in total. The smallest absolute Gasteiger partial charge is 0.290 e. The minimum absolute atomic E-state index is 0.0186. The predicted octanol–water partition coefficient (Wildman–Crippen LogP) is 5.12. The van der Waals surface area contributed by atoms with Crippen LogP contribution in [0.15, 0.2) is 60.8 Å². The van der Waals surface area contributed by atoms with Crippen LogP contribution in [0.3, 0.4) is 0 Å². The van der Waals surface area contributed by atoms with Gasteiger partial charge in [0.15, 0.2) is 0 Å². The summed E-state index contributed by atoms with van der Waals surface area (Å²) in [6.07, 6.45) is 2.11. The molecule has 0 N–H and O–H groups in total. The summed E-state index contributed by atoms with van der Waals surface area (Å²) in [5.41, 5.74) is 5.42. The largest absolute Gasteiger partial charge is 0.355 e. The van der Waals surface area contributed by atoms with E-state index in [1.807, 2.05) is 49.2 Å². The van der Waals surface area contributed by atoms with Crippen LogP contribution in [0.4, 0.5) is 11.5 Å². The number of fused-ring (bicyclic) bond motifs is 1. The number of carbonyl (C=O) groups is 1. The Morgan fingerprint density at radius 3 is 2.50 bits per heavy atom. The third-order valence-corrected chi connectivity index (χ3v) is 6.99. The predicted molar refractivity (Wildman–Crippen MR) is 141 cm³/mol. The quantitative estimate of drug-likeness (QED) is 0.297. The van der Waals surface area contributed by atoms with Gasteiger partial charge < -0.3 is 14.4 Å². The first-order valence-corrected chi connectivity index (χ1v) is 12.1. The van der Waals surface area contributed by atoms with Gasteiger partial charge in [-0.15, -0.1) is 0 Å². The van der Waals surface area contributed by atoms with Crippen molar-refractivity contribution in [2.75, 3.05) is 31.1 Å². The Labute approximate surface area is 209 Å². The Kier molecular flexibility index (Phi) is 6.18. The lowest BCUT2D eigenvalue weighted by Gasteiger charge is -2.23. The maximum Gasteiger partial charge on any atom is 0.290 e. The minimum atomic E-state index is -0.412. The van der Waals surface area contributed by atoms with E-state index in [-0.39, 0.29) is 11.6 Å². The molecule has 0 saturated carbocycles. The number of aromatic nitrogens is 2. The summed E-state index contributed by atoms with van der Waals surface area (Å²) in [5, 5.41) is 12.1. The van der Waals surface area contributed by atoms with Crippen molar-refractivity contribution in [3.05, 3.63) is 87.6 Å². The van der Waals surface area contributed by atoms with E-state index in [1.165, 1.54) is 6.20 Å². The Bertz CT molecular complexity index is 1460. The van der Waals surface area contributed by atoms with Gasteiger partial charge in [0.05, 0.1) is 16.2 Å². The molecule has 5 rings (SSSR count). The van der Waals surface area contributed by atoms with Crippen molar-refractivity contribution in [2.45, 2.75) is 20.3 Å².